The third-order valence-electron chi connectivity index (χ3n) is 3.59. The number of hydrogen-bond donors (Lipinski definition) is 2. The van der Waals surface area contributed by atoms with E-state index in [-0.39, 0.29) is 6.04 Å². The standard InChI is InChI=1S/C14H19NO2/c1-3-9-6-5-7-11-12(9)8-10(4-2)15-13(11)14(16)17/h5-7,10,13,15H,3-4,8H2,1-2H3,(H,16,17). The number of carbonyl (C=O) groups is 1. The summed E-state index contributed by atoms with van der Waals surface area (Å²) in [5, 5.41) is 12.5. The van der Waals surface area contributed by atoms with Crippen LogP contribution in [0, 0.1) is 0 Å². The molecule has 92 valence electrons. The Morgan fingerprint density at radius 1 is 1.47 bits per heavy atom. The first kappa shape index (κ1) is 12.1. The molecule has 0 fully saturated rings. The highest BCUT2D eigenvalue weighted by atomic mass is 16.4. The van der Waals surface area contributed by atoms with Crippen molar-refractivity contribution in [2.75, 3.05) is 0 Å². The molecule has 1 aliphatic heterocycles. The van der Waals surface area contributed by atoms with Crippen LogP contribution >= 0.6 is 0 Å². The zero-order valence-electron chi connectivity index (χ0n) is 10.4. The van der Waals surface area contributed by atoms with Gasteiger partial charge in [-0.2, -0.15) is 0 Å². The zero-order valence-corrected chi connectivity index (χ0v) is 10.4. The van der Waals surface area contributed by atoms with Gasteiger partial charge in [-0.05, 0) is 36.0 Å². The van der Waals surface area contributed by atoms with Crippen molar-refractivity contribution < 1.29 is 9.90 Å². The number of aliphatic carboxylic acids is 1. The number of benzene rings is 1. The van der Waals surface area contributed by atoms with E-state index in [9.17, 15) is 9.90 Å². The molecule has 2 N–H and O–H groups in total. The van der Waals surface area contributed by atoms with Crippen molar-refractivity contribution >= 4 is 5.97 Å². The van der Waals surface area contributed by atoms with Crippen LogP contribution in [-0.2, 0) is 17.6 Å². The minimum Gasteiger partial charge on any atom is -0.480 e. The number of aryl methyl sites for hydroxylation is 1. The smallest absolute Gasteiger partial charge is 0.325 e. The molecule has 17 heavy (non-hydrogen) atoms. The molecule has 0 spiro atoms. The minimum atomic E-state index is -0.780. The predicted octanol–water partition coefficient (Wildman–Crippen LogP) is 2.30. The number of rotatable bonds is 3. The van der Waals surface area contributed by atoms with Crippen molar-refractivity contribution in [2.45, 2.75) is 45.2 Å². The van der Waals surface area contributed by atoms with Crippen LogP contribution in [0.2, 0.25) is 0 Å². The highest BCUT2D eigenvalue weighted by molar-refractivity contribution is 5.77. The summed E-state index contributed by atoms with van der Waals surface area (Å²) < 4.78 is 0. The van der Waals surface area contributed by atoms with E-state index in [4.69, 9.17) is 0 Å². The molecule has 0 saturated heterocycles. The molecule has 1 heterocycles. The van der Waals surface area contributed by atoms with Crippen LogP contribution in [0.25, 0.3) is 0 Å². The second kappa shape index (κ2) is 4.88. The molecule has 1 aromatic carbocycles. The predicted molar refractivity (Wildman–Crippen MR) is 67.1 cm³/mol. The van der Waals surface area contributed by atoms with Crippen molar-refractivity contribution in [3.05, 3.63) is 34.9 Å². The maximum atomic E-state index is 11.3. The Hall–Kier alpha value is -1.35. The van der Waals surface area contributed by atoms with Crippen LogP contribution in [0.5, 0.6) is 0 Å². The first-order chi connectivity index (χ1) is 8.17. The molecule has 0 aliphatic carbocycles. The summed E-state index contributed by atoms with van der Waals surface area (Å²) in [6, 6.07) is 5.73. The van der Waals surface area contributed by atoms with E-state index in [1.165, 1.54) is 11.1 Å². The Bertz CT molecular complexity index is 428. The number of carboxylic acids is 1. The first-order valence-electron chi connectivity index (χ1n) is 6.26. The van der Waals surface area contributed by atoms with E-state index < -0.39 is 12.0 Å². The quantitative estimate of drug-likeness (QED) is 0.842. The SMILES string of the molecule is CCc1cccc2c1CC(CC)NC2C(=O)O. The molecule has 2 atom stereocenters. The molecule has 0 aromatic heterocycles. The van der Waals surface area contributed by atoms with Gasteiger partial charge in [0, 0.05) is 6.04 Å². The fraction of sp³-hybridized carbons (Fsp3) is 0.500. The molecule has 3 nitrogen and oxygen atoms in total. The average Bonchev–Trinajstić information content (AvgIpc) is 2.36. The van der Waals surface area contributed by atoms with Gasteiger partial charge in [0.05, 0.1) is 0 Å². The molecule has 2 unspecified atom stereocenters. The first-order valence-corrected chi connectivity index (χ1v) is 6.26. The van der Waals surface area contributed by atoms with Crippen molar-refractivity contribution in [2.24, 2.45) is 0 Å². The van der Waals surface area contributed by atoms with E-state index in [2.05, 4.69) is 25.2 Å². The molecular formula is C14H19NO2. The monoisotopic (exact) mass is 233 g/mol. The van der Waals surface area contributed by atoms with Gasteiger partial charge in [-0.15, -0.1) is 0 Å². The lowest BCUT2D eigenvalue weighted by atomic mass is 9.85. The van der Waals surface area contributed by atoms with Crippen LogP contribution < -0.4 is 5.32 Å². The molecule has 2 rings (SSSR count). The van der Waals surface area contributed by atoms with Gasteiger partial charge >= 0.3 is 5.97 Å². The summed E-state index contributed by atoms with van der Waals surface area (Å²) in [5.41, 5.74) is 3.48. The number of carboxylic acid groups (broad SMARTS) is 1. The third kappa shape index (κ3) is 2.20. The molecule has 0 radical (unpaired) electrons. The lowest BCUT2D eigenvalue weighted by Gasteiger charge is -2.31. The lowest BCUT2D eigenvalue weighted by Crippen LogP contribution is -2.42. The summed E-state index contributed by atoms with van der Waals surface area (Å²) in [7, 11) is 0. The summed E-state index contributed by atoms with van der Waals surface area (Å²) in [4.78, 5) is 11.3. The molecule has 1 aliphatic rings. The van der Waals surface area contributed by atoms with E-state index in [1.807, 2.05) is 12.1 Å². The van der Waals surface area contributed by atoms with Gasteiger partial charge in [-0.3, -0.25) is 10.1 Å². The highest BCUT2D eigenvalue weighted by Crippen LogP contribution is 2.29. The van der Waals surface area contributed by atoms with Gasteiger partial charge in [0.1, 0.15) is 6.04 Å². The topological polar surface area (TPSA) is 49.3 Å². The summed E-state index contributed by atoms with van der Waals surface area (Å²) >= 11 is 0. The van der Waals surface area contributed by atoms with Crippen molar-refractivity contribution in [3.8, 4) is 0 Å². The van der Waals surface area contributed by atoms with Gasteiger partial charge in [-0.25, -0.2) is 0 Å². The highest BCUT2D eigenvalue weighted by Gasteiger charge is 2.30. The summed E-state index contributed by atoms with van der Waals surface area (Å²) in [6.07, 6.45) is 2.87. The Kier molecular flexibility index (Phi) is 3.48. The van der Waals surface area contributed by atoms with Crippen LogP contribution in [-0.4, -0.2) is 17.1 Å². The molecular weight excluding hydrogens is 214 g/mol. The fourth-order valence-corrected chi connectivity index (χ4v) is 2.60. The molecule has 1 aromatic rings. The molecule has 0 amide bonds. The van der Waals surface area contributed by atoms with Gasteiger partial charge < -0.3 is 5.11 Å². The minimum absolute atomic E-state index is 0.274. The third-order valence-corrected chi connectivity index (χ3v) is 3.59. The Morgan fingerprint density at radius 2 is 2.24 bits per heavy atom. The number of nitrogens with one attached hydrogen (secondary N) is 1. The van der Waals surface area contributed by atoms with Crippen LogP contribution in [0.3, 0.4) is 0 Å². The van der Waals surface area contributed by atoms with E-state index in [0.29, 0.717) is 0 Å². The normalized spacial score (nSPS) is 23.2. The van der Waals surface area contributed by atoms with Gasteiger partial charge in [0.2, 0.25) is 0 Å². The largest absolute Gasteiger partial charge is 0.480 e. The van der Waals surface area contributed by atoms with E-state index in [0.717, 1.165) is 24.8 Å². The van der Waals surface area contributed by atoms with Crippen LogP contribution in [0.15, 0.2) is 18.2 Å². The van der Waals surface area contributed by atoms with Gasteiger partial charge in [0.25, 0.3) is 0 Å². The zero-order chi connectivity index (χ0) is 12.4. The maximum Gasteiger partial charge on any atom is 0.325 e. The maximum absolute atomic E-state index is 11.3. The second-order valence-corrected chi connectivity index (χ2v) is 4.59. The fourth-order valence-electron chi connectivity index (χ4n) is 2.60. The summed E-state index contributed by atoms with van der Waals surface area (Å²) in [6.45, 7) is 4.21. The van der Waals surface area contributed by atoms with Crippen LogP contribution in [0.1, 0.15) is 43.0 Å². The Labute approximate surface area is 102 Å². The molecule has 3 heteroatoms. The van der Waals surface area contributed by atoms with E-state index >= 15 is 0 Å². The number of fused-ring (bicyclic) bond motifs is 1. The summed E-state index contributed by atoms with van der Waals surface area (Å²) in [5.74, 6) is -0.780. The average molecular weight is 233 g/mol. The van der Waals surface area contributed by atoms with Crippen LogP contribution in [0.4, 0.5) is 0 Å². The number of hydrogen-bond acceptors (Lipinski definition) is 2. The lowest BCUT2D eigenvalue weighted by molar-refractivity contribution is -0.140. The van der Waals surface area contributed by atoms with Crippen molar-refractivity contribution in [1.82, 2.24) is 5.32 Å². The molecule has 0 saturated carbocycles. The van der Waals surface area contributed by atoms with E-state index in [1.54, 1.807) is 0 Å². The van der Waals surface area contributed by atoms with Gasteiger partial charge in [-0.1, -0.05) is 32.0 Å². The van der Waals surface area contributed by atoms with Crippen molar-refractivity contribution in [3.63, 3.8) is 0 Å². The van der Waals surface area contributed by atoms with Gasteiger partial charge in [0.15, 0.2) is 0 Å². The molecule has 0 bridgehead atoms. The second-order valence-electron chi connectivity index (χ2n) is 4.59. The Morgan fingerprint density at radius 3 is 2.82 bits per heavy atom. The van der Waals surface area contributed by atoms with Crippen molar-refractivity contribution in [1.29, 1.82) is 0 Å². The Balaban J connectivity index is 2.47.